The molecule has 3 aromatic rings. The Kier molecular flexibility index (Phi) is 3.63. The van der Waals surface area contributed by atoms with E-state index in [4.69, 9.17) is 9.97 Å². The monoisotopic (exact) mass is 335 g/mol. The summed E-state index contributed by atoms with van der Waals surface area (Å²) in [5.41, 5.74) is 5.00. The minimum absolute atomic E-state index is 0.431. The first-order valence-corrected chi connectivity index (χ1v) is 9.50. The lowest BCUT2D eigenvalue weighted by Gasteiger charge is -2.23. The molecule has 0 saturated carbocycles. The van der Waals surface area contributed by atoms with Crippen LogP contribution in [0.15, 0.2) is 30.6 Å². The van der Waals surface area contributed by atoms with Crippen molar-refractivity contribution in [2.45, 2.75) is 51.1 Å². The van der Waals surface area contributed by atoms with Crippen molar-refractivity contribution in [2.75, 3.05) is 6.54 Å². The minimum atomic E-state index is 0.431. The first-order chi connectivity index (χ1) is 12.3. The highest BCUT2D eigenvalue weighted by Gasteiger charge is 2.31. The summed E-state index contributed by atoms with van der Waals surface area (Å²) < 4.78 is 4.50. The van der Waals surface area contributed by atoms with Gasteiger partial charge in [-0.1, -0.05) is 6.07 Å². The second-order valence-corrected chi connectivity index (χ2v) is 7.46. The van der Waals surface area contributed by atoms with Crippen LogP contribution in [-0.2, 0) is 26.4 Å². The zero-order chi connectivity index (χ0) is 16.8. The van der Waals surface area contributed by atoms with Gasteiger partial charge in [0, 0.05) is 31.7 Å². The fourth-order valence-electron chi connectivity index (χ4n) is 4.58. The molecule has 1 aliphatic carbocycles. The minimum Gasteiger partial charge on any atom is -0.334 e. The normalized spacial score (nSPS) is 21.1. The van der Waals surface area contributed by atoms with Crippen LogP contribution in [-0.4, -0.2) is 30.4 Å². The molecule has 0 spiro atoms. The van der Waals surface area contributed by atoms with Crippen LogP contribution >= 0.6 is 0 Å². The molecule has 0 bridgehead atoms. The maximum absolute atomic E-state index is 5.06. The van der Waals surface area contributed by atoms with E-state index < -0.39 is 0 Å². The Morgan fingerprint density at radius 2 is 2.04 bits per heavy atom. The van der Waals surface area contributed by atoms with E-state index in [9.17, 15) is 0 Å². The Bertz CT molecular complexity index is 873. The number of fused-ring (bicyclic) bond motifs is 2. The molecule has 5 rings (SSSR count). The molecule has 0 aromatic carbocycles. The second kappa shape index (κ2) is 5.99. The molecular weight excluding hydrogens is 310 g/mol. The van der Waals surface area contributed by atoms with Gasteiger partial charge in [0.25, 0.3) is 0 Å². The zero-order valence-electron chi connectivity index (χ0n) is 14.9. The number of hydrogen-bond donors (Lipinski definition) is 0. The Morgan fingerprint density at radius 1 is 1.12 bits per heavy atom. The maximum Gasteiger partial charge on any atom is 0.137 e. The summed E-state index contributed by atoms with van der Waals surface area (Å²) in [5, 5.41) is 0. The van der Waals surface area contributed by atoms with Gasteiger partial charge in [0.05, 0.1) is 17.4 Å². The third kappa shape index (κ3) is 2.58. The molecule has 1 saturated heterocycles. The van der Waals surface area contributed by atoms with E-state index in [2.05, 4.69) is 45.4 Å². The average molecular weight is 335 g/mol. The quantitative estimate of drug-likeness (QED) is 0.737. The lowest BCUT2D eigenvalue weighted by Crippen LogP contribution is -2.25. The lowest BCUT2D eigenvalue weighted by molar-refractivity contribution is 0.234. The van der Waals surface area contributed by atoms with Gasteiger partial charge in [-0.2, -0.15) is 0 Å². The fourth-order valence-corrected chi connectivity index (χ4v) is 4.58. The summed E-state index contributed by atoms with van der Waals surface area (Å²) in [7, 11) is 2.22. The van der Waals surface area contributed by atoms with E-state index in [1.807, 2.05) is 6.07 Å². The highest BCUT2D eigenvalue weighted by Crippen LogP contribution is 2.34. The van der Waals surface area contributed by atoms with Crippen LogP contribution in [0.3, 0.4) is 0 Å². The largest absolute Gasteiger partial charge is 0.334 e. The second-order valence-electron chi connectivity index (χ2n) is 7.46. The van der Waals surface area contributed by atoms with Crippen molar-refractivity contribution in [3.63, 3.8) is 0 Å². The van der Waals surface area contributed by atoms with Crippen LogP contribution in [0.25, 0.3) is 5.65 Å². The van der Waals surface area contributed by atoms with E-state index in [-0.39, 0.29) is 0 Å². The maximum atomic E-state index is 5.06. The number of likely N-dealkylation sites (tertiary alicyclic amines) is 1. The van der Waals surface area contributed by atoms with Crippen LogP contribution in [0, 0.1) is 0 Å². The van der Waals surface area contributed by atoms with Crippen molar-refractivity contribution in [1.29, 1.82) is 0 Å². The van der Waals surface area contributed by atoms with Crippen molar-refractivity contribution in [3.8, 4) is 0 Å². The van der Waals surface area contributed by atoms with Crippen molar-refractivity contribution >= 4 is 5.65 Å². The molecular formula is C20H25N5. The number of aromatic nitrogens is 4. The van der Waals surface area contributed by atoms with E-state index >= 15 is 0 Å². The van der Waals surface area contributed by atoms with Gasteiger partial charge >= 0.3 is 0 Å². The number of rotatable bonds is 3. The molecule has 0 amide bonds. The summed E-state index contributed by atoms with van der Waals surface area (Å²) in [6, 6.07) is 6.59. The van der Waals surface area contributed by atoms with Crippen molar-refractivity contribution < 1.29 is 0 Å². The Balaban J connectivity index is 1.43. The molecule has 0 unspecified atom stereocenters. The summed E-state index contributed by atoms with van der Waals surface area (Å²) in [6.07, 6.45) is 11.6. The van der Waals surface area contributed by atoms with Gasteiger partial charge in [-0.05, 0) is 57.2 Å². The number of aryl methyl sites for hydroxylation is 1. The van der Waals surface area contributed by atoms with Crippen molar-refractivity contribution in [1.82, 2.24) is 23.8 Å². The molecule has 5 nitrogen and oxygen atoms in total. The predicted molar refractivity (Wildman–Crippen MR) is 97.4 cm³/mol. The highest BCUT2D eigenvalue weighted by molar-refractivity contribution is 5.39. The summed E-state index contributed by atoms with van der Waals surface area (Å²) in [4.78, 5) is 12.4. The molecule has 0 N–H and O–H groups in total. The molecule has 0 radical (unpaired) electrons. The zero-order valence-corrected chi connectivity index (χ0v) is 14.9. The molecule has 2 aliphatic rings. The van der Waals surface area contributed by atoms with Gasteiger partial charge in [-0.3, -0.25) is 4.90 Å². The van der Waals surface area contributed by atoms with E-state index in [1.54, 1.807) is 0 Å². The number of imidazole rings is 2. The molecule has 1 fully saturated rings. The summed E-state index contributed by atoms with van der Waals surface area (Å²) in [6.45, 7) is 2.04. The summed E-state index contributed by atoms with van der Waals surface area (Å²) in [5.74, 6) is 1.27. The molecule has 4 heterocycles. The van der Waals surface area contributed by atoms with E-state index in [0.717, 1.165) is 30.9 Å². The van der Waals surface area contributed by atoms with Gasteiger partial charge in [-0.25, -0.2) is 9.97 Å². The van der Waals surface area contributed by atoms with Crippen LogP contribution in [0.1, 0.15) is 54.6 Å². The average Bonchev–Trinajstić information content (AvgIpc) is 3.32. The van der Waals surface area contributed by atoms with Crippen molar-refractivity contribution in [3.05, 3.63) is 53.5 Å². The van der Waals surface area contributed by atoms with Crippen LogP contribution < -0.4 is 0 Å². The number of nitrogens with zero attached hydrogens (tertiary/aromatic N) is 5. The van der Waals surface area contributed by atoms with Crippen LogP contribution in [0.5, 0.6) is 0 Å². The van der Waals surface area contributed by atoms with E-state index in [0.29, 0.717) is 6.04 Å². The Hall–Kier alpha value is -2.14. The molecule has 5 heteroatoms. The standard InChI is InChI=1S/C20H25N5/c1-23-17-8-3-2-7-16(17)22-20(23)18-9-6-12-24(18)13-15-14-25-11-5-4-10-19(25)21-15/h4-5,10-11,14,18H,2-3,6-9,12-13H2,1H3/t18-/m0/s1. The predicted octanol–water partition coefficient (Wildman–Crippen LogP) is 3.28. The molecule has 130 valence electrons. The van der Waals surface area contributed by atoms with Gasteiger partial charge in [0.1, 0.15) is 11.5 Å². The fraction of sp³-hybridized carbons (Fsp3) is 0.500. The number of pyridine rings is 1. The molecule has 25 heavy (non-hydrogen) atoms. The third-order valence-corrected chi connectivity index (χ3v) is 5.85. The Labute approximate surface area is 148 Å². The first kappa shape index (κ1) is 15.1. The van der Waals surface area contributed by atoms with Gasteiger partial charge in [0.2, 0.25) is 0 Å². The highest BCUT2D eigenvalue weighted by atomic mass is 15.2. The Morgan fingerprint density at radius 3 is 2.92 bits per heavy atom. The van der Waals surface area contributed by atoms with Gasteiger partial charge < -0.3 is 8.97 Å². The van der Waals surface area contributed by atoms with Crippen LogP contribution in [0.2, 0.25) is 0 Å². The van der Waals surface area contributed by atoms with E-state index in [1.165, 1.54) is 49.3 Å². The van der Waals surface area contributed by atoms with Crippen LogP contribution in [0.4, 0.5) is 0 Å². The third-order valence-electron chi connectivity index (χ3n) is 5.85. The van der Waals surface area contributed by atoms with Gasteiger partial charge in [0.15, 0.2) is 0 Å². The van der Waals surface area contributed by atoms with Crippen molar-refractivity contribution in [2.24, 2.45) is 7.05 Å². The first-order valence-electron chi connectivity index (χ1n) is 9.50. The summed E-state index contributed by atoms with van der Waals surface area (Å²) >= 11 is 0. The lowest BCUT2D eigenvalue weighted by atomic mass is 10.0. The smallest absolute Gasteiger partial charge is 0.137 e. The number of hydrogen-bond acceptors (Lipinski definition) is 3. The molecule has 1 atom stereocenters. The topological polar surface area (TPSA) is 38.4 Å². The SMILES string of the molecule is Cn1c([C@@H]2CCCN2Cc2cn3ccccc3n2)nc2c1CCCC2. The molecule has 3 aromatic heterocycles. The molecule has 1 aliphatic heterocycles. The van der Waals surface area contributed by atoms with Gasteiger partial charge in [-0.15, -0.1) is 0 Å².